The van der Waals surface area contributed by atoms with E-state index in [4.69, 9.17) is 4.98 Å². The SMILES string of the molecule is Cc1cccc(Nc2nc3c(S(=O)(=O)c4ccc(C(C)C)cc4)nnn3c3ccccc23)c1C. The Hall–Kier alpha value is -3.78. The fraction of sp³-hybridized carbons (Fsp3) is 0.192. The van der Waals surface area contributed by atoms with Crippen LogP contribution < -0.4 is 5.32 Å². The van der Waals surface area contributed by atoms with Gasteiger partial charge in [-0.15, -0.1) is 5.10 Å². The molecule has 5 rings (SSSR count). The molecule has 7 nitrogen and oxygen atoms in total. The Morgan fingerprint density at radius 3 is 2.38 bits per heavy atom. The first-order valence-electron chi connectivity index (χ1n) is 11.1. The van der Waals surface area contributed by atoms with Crippen LogP contribution in [-0.4, -0.2) is 28.2 Å². The fourth-order valence-electron chi connectivity index (χ4n) is 3.97. The molecule has 0 atom stereocenters. The number of hydrogen-bond acceptors (Lipinski definition) is 6. The number of fused-ring (bicyclic) bond motifs is 3. The number of rotatable bonds is 5. The number of aromatic nitrogens is 4. The molecule has 3 aromatic carbocycles. The van der Waals surface area contributed by atoms with E-state index in [2.05, 4.69) is 29.5 Å². The van der Waals surface area contributed by atoms with Gasteiger partial charge < -0.3 is 5.32 Å². The van der Waals surface area contributed by atoms with Crippen molar-refractivity contribution in [1.29, 1.82) is 0 Å². The van der Waals surface area contributed by atoms with E-state index in [1.165, 1.54) is 4.52 Å². The molecule has 0 unspecified atom stereocenters. The van der Waals surface area contributed by atoms with Crippen LogP contribution in [0.15, 0.2) is 76.7 Å². The summed E-state index contributed by atoms with van der Waals surface area (Å²) in [6.07, 6.45) is 0. The van der Waals surface area contributed by atoms with E-state index in [1.807, 2.05) is 68.4 Å². The van der Waals surface area contributed by atoms with Crippen molar-refractivity contribution in [2.75, 3.05) is 5.32 Å². The van der Waals surface area contributed by atoms with Crippen LogP contribution in [0.25, 0.3) is 16.6 Å². The van der Waals surface area contributed by atoms with E-state index in [9.17, 15) is 8.42 Å². The standard InChI is InChI=1S/C26H25N5O2S/c1-16(2)19-12-14-20(15-13-19)34(32,33)26-25-28-24(27-22-10-7-8-17(3)18(22)4)21-9-5-6-11-23(21)31(25)30-29-26/h5-16H,1-4H3,(H,27,28). The molecule has 34 heavy (non-hydrogen) atoms. The predicted octanol–water partition coefficient (Wildman–Crippen LogP) is 5.59. The van der Waals surface area contributed by atoms with E-state index < -0.39 is 9.84 Å². The van der Waals surface area contributed by atoms with Gasteiger partial charge in [-0.3, -0.25) is 0 Å². The first kappa shape index (κ1) is 22.0. The maximum Gasteiger partial charge on any atom is 0.229 e. The van der Waals surface area contributed by atoms with Crippen LogP contribution in [0, 0.1) is 13.8 Å². The third-order valence-corrected chi connectivity index (χ3v) is 7.86. The molecule has 0 bridgehead atoms. The number of aryl methyl sites for hydroxylation is 1. The van der Waals surface area contributed by atoms with Gasteiger partial charge in [-0.2, -0.15) is 4.52 Å². The minimum atomic E-state index is -3.92. The molecule has 8 heteroatoms. The molecule has 2 aromatic heterocycles. The highest BCUT2D eigenvalue weighted by Crippen LogP contribution is 2.31. The van der Waals surface area contributed by atoms with Gasteiger partial charge in [-0.1, -0.05) is 55.5 Å². The van der Waals surface area contributed by atoms with Crippen molar-refractivity contribution in [2.24, 2.45) is 0 Å². The minimum Gasteiger partial charge on any atom is -0.339 e. The molecule has 0 saturated carbocycles. The lowest BCUT2D eigenvalue weighted by Gasteiger charge is -2.13. The van der Waals surface area contributed by atoms with Crippen LogP contribution in [0.4, 0.5) is 11.5 Å². The number of nitrogens with zero attached hydrogens (tertiary/aromatic N) is 4. The summed E-state index contributed by atoms with van der Waals surface area (Å²) in [5.41, 5.74) is 5.11. The highest BCUT2D eigenvalue weighted by molar-refractivity contribution is 7.91. The van der Waals surface area contributed by atoms with Crippen LogP contribution in [0.1, 0.15) is 36.5 Å². The number of sulfone groups is 1. The van der Waals surface area contributed by atoms with Gasteiger partial charge in [0.2, 0.25) is 14.9 Å². The highest BCUT2D eigenvalue weighted by Gasteiger charge is 2.27. The number of para-hydroxylation sites is 1. The molecular weight excluding hydrogens is 446 g/mol. The van der Waals surface area contributed by atoms with Gasteiger partial charge in [-0.05, 0) is 66.8 Å². The summed E-state index contributed by atoms with van der Waals surface area (Å²) in [5.74, 6) is 0.851. The van der Waals surface area contributed by atoms with Crippen molar-refractivity contribution in [2.45, 2.75) is 43.5 Å². The van der Waals surface area contributed by atoms with Crippen molar-refractivity contribution in [3.8, 4) is 0 Å². The molecule has 1 N–H and O–H groups in total. The Balaban J connectivity index is 1.70. The van der Waals surface area contributed by atoms with Gasteiger partial charge in [0.1, 0.15) is 5.82 Å². The average molecular weight is 472 g/mol. The molecule has 0 saturated heterocycles. The molecular formula is C26H25N5O2S. The monoisotopic (exact) mass is 471 g/mol. The van der Waals surface area contributed by atoms with Crippen molar-refractivity contribution in [3.05, 3.63) is 83.4 Å². The van der Waals surface area contributed by atoms with Gasteiger partial charge in [-0.25, -0.2) is 13.4 Å². The van der Waals surface area contributed by atoms with E-state index in [0.29, 0.717) is 17.3 Å². The average Bonchev–Trinajstić information content (AvgIpc) is 3.27. The lowest BCUT2D eigenvalue weighted by atomic mass is 10.0. The molecule has 0 radical (unpaired) electrons. The Morgan fingerprint density at radius 1 is 0.912 bits per heavy atom. The van der Waals surface area contributed by atoms with Gasteiger partial charge in [0.25, 0.3) is 0 Å². The van der Waals surface area contributed by atoms with Gasteiger partial charge in [0.15, 0.2) is 5.65 Å². The molecule has 0 amide bonds. The van der Waals surface area contributed by atoms with Crippen LogP contribution in [0.2, 0.25) is 0 Å². The van der Waals surface area contributed by atoms with Crippen LogP contribution in [-0.2, 0) is 9.84 Å². The molecule has 0 aliphatic rings. The molecule has 2 heterocycles. The van der Waals surface area contributed by atoms with Crippen molar-refractivity contribution >= 4 is 37.9 Å². The van der Waals surface area contributed by atoms with E-state index >= 15 is 0 Å². The van der Waals surface area contributed by atoms with Crippen molar-refractivity contribution in [3.63, 3.8) is 0 Å². The van der Waals surface area contributed by atoms with Gasteiger partial charge in [0, 0.05) is 11.1 Å². The zero-order valence-corrected chi connectivity index (χ0v) is 20.3. The summed E-state index contributed by atoms with van der Waals surface area (Å²) in [4.78, 5) is 4.88. The quantitative estimate of drug-likeness (QED) is 0.359. The largest absolute Gasteiger partial charge is 0.339 e. The Morgan fingerprint density at radius 2 is 1.65 bits per heavy atom. The maximum absolute atomic E-state index is 13.5. The summed E-state index contributed by atoms with van der Waals surface area (Å²) in [6.45, 7) is 8.21. The smallest absolute Gasteiger partial charge is 0.229 e. The predicted molar refractivity (Wildman–Crippen MR) is 133 cm³/mol. The summed E-state index contributed by atoms with van der Waals surface area (Å²) in [6, 6.07) is 20.5. The van der Waals surface area contributed by atoms with E-state index in [0.717, 1.165) is 27.8 Å². The zero-order valence-electron chi connectivity index (χ0n) is 19.4. The lowest BCUT2D eigenvalue weighted by Crippen LogP contribution is -2.06. The molecule has 5 aromatic rings. The first-order valence-corrected chi connectivity index (χ1v) is 12.6. The Kier molecular flexibility index (Phi) is 5.32. The zero-order chi connectivity index (χ0) is 24.0. The van der Waals surface area contributed by atoms with Crippen LogP contribution >= 0.6 is 0 Å². The summed E-state index contributed by atoms with van der Waals surface area (Å²) < 4.78 is 28.5. The fourth-order valence-corrected chi connectivity index (χ4v) is 5.21. The molecule has 172 valence electrons. The minimum absolute atomic E-state index is 0.165. The maximum atomic E-state index is 13.5. The summed E-state index contributed by atoms with van der Waals surface area (Å²) in [7, 11) is -3.92. The number of nitrogens with one attached hydrogen (secondary N) is 1. The number of hydrogen-bond donors (Lipinski definition) is 1. The molecule has 0 spiro atoms. The summed E-state index contributed by atoms with van der Waals surface area (Å²) >= 11 is 0. The molecule has 0 fully saturated rings. The second kappa shape index (κ2) is 8.22. The topological polar surface area (TPSA) is 89.2 Å². The lowest BCUT2D eigenvalue weighted by molar-refractivity contribution is 0.592. The molecule has 0 aliphatic heterocycles. The van der Waals surface area contributed by atoms with Crippen LogP contribution in [0.5, 0.6) is 0 Å². The van der Waals surface area contributed by atoms with E-state index in [-0.39, 0.29) is 15.6 Å². The van der Waals surface area contributed by atoms with Crippen molar-refractivity contribution < 1.29 is 8.42 Å². The van der Waals surface area contributed by atoms with Crippen molar-refractivity contribution in [1.82, 2.24) is 19.8 Å². The second-order valence-electron chi connectivity index (χ2n) is 8.71. The third kappa shape index (κ3) is 3.60. The normalized spacial score (nSPS) is 12.0. The highest BCUT2D eigenvalue weighted by atomic mass is 32.2. The first-order chi connectivity index (χ1) is 16.3. The van der Waals surface area contributed by atoms with Gasteiger partial charge >= 0.3 is 0 Å². The third-order valence-electron chi connectivity index (χ3n) is 6.19. The Labute approximate surface area is 198 Å². The van der Waals surface area contributed by atoms with Gasteiger partial charge in [0.05, 0.1) is 10.4 Å². The van der Waals surface area contributed by atoms with E-state index in [1.54, 1.807) is 12.1 Å². The second-order valence-corrected chi connectivity index (χ2v) is 10.6. The summed E-state index contributed by atoms with van der Waals surface area (Å²) in [5, 5.41) is 12.3. The Bertz CT molecular complexity index is 1640. The van der Waals surface area contributed by atoms with Crippen LogP contribution in [0.3, 0.4) is 0 Å². The molecule has 0 aliphatic carbocycles. The number of benzene rings is 3. The number of anilines is 2.